The van der Waals surface area contributed by atoms with E-state index in [0.29, 0.717) is 0 Å². The van der Waals surface area contributed by atoms with Crippen LogP contribution in [0.2, 0.25) is 0 Å². The van der Waals surface area contributed by atoms with E-state index in [1.54, 1.807) is 0 Å². The van der Waals surface area contributed by atoms with Crippen molar-refractivity contribution >= 4 is 0 Å². The number of ether oxygens (including phenoxy) is 1. The molecule has 0 saturated carbocycles. The number of rotatable bonds is 5. The molecule has 1 aromatic carbocycles. The maximum absolute atomic E-state index is 5.73. The van der Waals surface area contributed by atoms with Gasteiger partial charge in [0.25, 0.3) is 0 Å². The van der Waals surface area contributed by atoms with Crippen LogP contribution in [-0.2, 0) is 17.7 Å². The number of nitrogens with two attached hydrogens (primary N) is 1. The fourth-order valence-electron chi connectivity index (χ4n) is 5.04. The molecule has 25 heavy (non-hydrogen) atoms. The highest BCUT2D eigenvalue weighted by atomic mass is 16.5. The van der Waals surface area contributed by atoms with E-state index in [4.69, 9.17) is 10.5 Å². The predicted molar refractivity (Wildman–Crippen MR) is 102 cm³/mol. The maximum atomic E-state index is 5.73. The molecule has 0 amide bonds. The van der Waals surface area contributed by atoms with Gasteiger partial charge >= 0.3 is 0 Å². The topological polar surface area (TPSA) is 41.7 Å². The van der Waals surface area contributed by atoms with Crippen molar-refractivity contribution in [3.05, 3.63) is 35.4 Å². The van der Waals surface area contributed by atoms with Crippen molar-refractivity contribution in [1.82, 2.24) is 9.80 Å². The van der Waals surface area contributed by atoms with Crippen LogP contribution in [0.1, 0.15) is 36.8 Å². The number of fused-ring (bicyclic) bond motifs is 4. The first-order chi connectivity index (χ1) is 12.3. The zero-order valence-corrected chi connectivity index (χ0v) is 15.4. The van der Waals surface area contributed by atoms with Crippen LogP contribution >= 0.6 is 0 Å². The lowest BCUT2D eigenvalue weighted by atomic mass is 9.94. The maximum Gasteiger partial charge on any atom is 0.0480 e. The summed E-state index contributed by atoms with van der Waals surface area (Å²) in [6.07, 6.45) is 6.21. The molecular weight excluding hydrogens is 310 g/mol. The summed E-state index contributed by atoms with van der Waals surface area (Å²) in [5.41, 5.74) is 8.56. The molecule has 4 nitrogen and oxygen atoms in total. The van der Waals surface area contributed by atoms with Gasteiger partial charge in [-0.15, -0.1) is 0 Å². The SMILES string of the molecule is NCCc1cccc(CN2C[C@@H]3CC[C@H]2CN(C2CCOCC2)C3)c1. The van der Waals surface area contributed by atoms with Gasteiger partial charge in [-0.1, -0.05) is 24.3 Å². The van der Waals surface area contributed by atoms with Gasteiger partial charge in [-0.05, 0) is 55.7 Å². The minimum Gasteiger partial charge on any atom is -0.381 e. The summed E-state index contributed by atoms with van der Waals surface area (Å²) in [6.45, 7) is 7.56. The summed E-state index contributed by atoms with van der Waals surface area (Å²) in [7, 11) is 0. The molecular formula is C21H33N3O. The molecule has 0 aliphatic carbocycles. The van der Waals surface area contributed by atoms with Crippen molar-refractivity contribution in [2.24, 2.45) is 11.7 Å². The summed E-state index contributed by atoms with van der Waals surface area (Å²) in [5, 5.41) is 0. The van der Waals surface area contributed by atoms with Gasteiger partial charge in [-0.3, -0.25) is 9.80 Å². The second-order valence-corrected chi connectivity index (χ2v) is 8.18. The fourth-order valence-corrected chi connectivity index (χ4v) is 5.04. The van der Waals surface area contributed by atoms with Gasteiger partial charge in [0.1, 0.15) is 0 Å². The molecule has 1 aromatic rings. The molecule has 2 N–H and O–H groups in total. The first-order valence-corrected chi connectivity index (χ1v) is 10.2. The van der Waals surface area contributed by atoms with E-state index in [1.165, 1.54) is 56.4 Å². The summed E-state index contributed by atoms with van der Waals surface area (Å²) in [5.74, 6) is 0.841. The molecule has 5 rings (SSSR count). The number of nitrogens with zero attached hydrogens (tertiary/aromatic N) is 2. The Labute approximate surface area is 152 Å². The van der Waals surface area contributed by atoms with Gasteiger partial charge in [0, 0.05) is 51.5 Å². The second-order valence-electron chi connectivity index (χ2n) is 8.18. The van der Waals surface area contributed by atoms with Crippen LogP contribution in [-0.4, -0.2) is 61.3 Å². The number of hydrogen-bond donors (Lipinski definition) is 1. The van der Waals surface area contributed by atoms with E-state index in [-0.39, 0.29) is 0 Å². The summed E-state index contributed by atoms with van der Waals surface area (Å²) in [6, 6.07) is 10.5. The lowest BCUT2D eigenvalue weighted by molar-refractivity contribution is 0.0307. The highest BCUT2D eigenvalue weighted by molar-refractivity contribution is 5.24. The minimum atomic E-state index is 0.722. The number of piperidine rings is 1. The first kappa shape index (κ1) is 17.5. The van der Waals surface area contributed by atoms with Gasteiger partial charge in [-0.2, -0.15) is 0 Å². The van der Waals surface area contributed by atoms with Gasteiger partial charge in [0.2, 0.25) is 0 Å². The Morgan fingerprint density at radius 2 is 1.80 bits per heavy atom. The molecule has 4 heteroatoms. The van der Waals surface area contributed by atoms with E-state index in [9.17, 15) is 0 Å². The van der Waals surface area contributed by atoms with Gasteiger partial charge in [-0.25, -0.2) is 0 Å². The normalized spacial score (nSPS) is 29.0. The van der Waals surface area contributed by atoms with Gasteiger partial charge < -0.3 is 10.5 Å². The Kier molecular flexibility index (Phi) is 5.71. The quantitative estimate of drug-likeness (QED) is 0.890. The van der Waals surface area contributed by atoms with E-state index < -0.39 is 0 Å². The molecule has 0 radical (unpaired) electrons. The van der Waals surface area contributed by atoms with Crippen LogP contribution in [0.5, 0.6) is 0 Å². The summed E-state index contributed by atoms with van der Waals surface area (Å²) in [4.78, 5) is 5.56. The van der Waals surface area contributed by atoms with Crippen LogP contribution < -0.4 is 5.73 Å². The van der Waals surface area contributed by atoms with Crippen molar-refractivity contribution in [1.29, 1.82) is 0 Å². The summed E-state index contributed by atoms with van der Waals surface area (Å²) >= 11 is 0. The van der Waals surface area contributed by atoms with E-state index in [1.807, 2.05) is 0 Å². The van der Waals surface area contributed by atoms with Crippen LogP contribution in [0.4, 0.5) is 0 Å². The molecule has 4 aliphatic heterocycles. The Morgan fingerprint density at radius 1 is 0.960 bits per heavy atom. The highest BCUT2D eigenvalue weighted by Crippen LogP contribution is 2.31. The largest absolute Gasteiger partial charge is 0.381 e. The van der Waals surface area contributed by atoms with Gasteiger partial charge in [0.05, 0.1) is 0 Å². The zero-order valence-electron chi connectivity index (χ0n) is 15.4. The highest BCUT2D eigenvalue weighted by Gasteiger charge is 2.37. The lowest BCUT2D eigenvalue weighted by Gasteiger charge is -2.37. The van der Waals surface area contributed by atoms with Crippen molar-refractivity contribution in [3.8, 4) is 0 Å². The minimum absolute atomic E-state index is 0.722. The number of benzene rings is 1. The molecule has 2 atom stereocenters. The standard InChI is InChI=1S/C21H33N3O/c22-9-6-17-2-1-3-18(12-17)13-23-14-19-4-5-21(23)16-24(15-19)20-7-10-25-11-8-20/h1-3,12,19-21H,4-11,13-16,22H2/t19-,21-/m0/s1. The van der Waals surface area contributed by atoms with Crippen molar-refractivity contribution in [3.63, 3.8) is 0 Å². The van der Waals surface area contributed by atoms with E-state index >= 15 is 0 Å². The Bertz CT molecular complexity index is 558. The fraction of sp³-hybridized carbons (Fsp3) is 0.714. The van der Waals surface area contributed by atoms with E-state index in [0.717, 1.165) is 50.7 Å². The van der Waals surface area contributed by atoms with Crippen LogP contribution in [0, 0.1) is 5.92 Å². The molecule has 4 heterocycles. The molecule has 0 spiro atoms. The molecule has 0 aromatic heterocycles. The third-order valence-electron chi connectivity index (χ3n) is 6.37. The smallest absolute Gasteiger partial charge is 0.0480 e. The van der Waals surface area contributed by atoms with Gasteiger partial charge in [0.15, 0.2) is 0 Å². The average molecular weight is 344 g/mol. The Hall–Kier alpha value is -0.940. The van der Waals surface area contributed by atoms with Crippen LogP contribution in [0.3, 0.4) is 0 Å². The van der Waals surface area contributed by atoms with E-state index in [2.05, 4.69) is 34.1 Å². The average Bonchev–Trinajstić information content (AvgIpc) is 2.95. The Morgan fingerprint density at radius 3 is 2.64 bits per heavy atom. The van der Waals surface area contributed by atoms with Crippen LogP contribution in [0.15, 0.2) is 24.3 Å². The number of hydrogen-bond acceptors (Lipinski definition) is 4. The third kappa shape index (κ3) is 4.25. The van der Waals surface area contributed by atoms with Crippen molar-refractivity contribution in [2.45, 2.75) is 50.7 Å². The molecule has 0 unspecified atom stereocenters. The lowest BCUT2D eigenvalue weighted by Crippen LogP contribution is -2.45. The Balaban J connectivity index is 1.42. The molecule has 2 bridgehead atoms. The third-order valence-corrected chi connectivity index (χ3v) is 6.37. The monoisotopic (exact) mass is 343 g/mol. The van der Waals surface area contributed by atoms with Crippen molar-refractivity contribution < 1.29 is 4.74 Å². The molecule has 4 saturated heterocycles. The molecule has 4 aliphatic rings. The zero-order chi connectivity index (χ0) is 17.1. The molecule has 4 fully saturated rings. The van der Waals surface area contributed by atoms with Crippen molar-refractivity contribution in [2.75, 3.05) is 39.4 Å². The van der Waals surface area contributed by atoms with Crippen LogP contribution in [0.25, 0.3) is 0 Å². The predicted octanol–water partition coefficient (Wildman–Crippen LogP) is 2.26. The first-order valence-electron chi connectivity index (χ1n) is 10.2. The summed E-state index contributed by atoms with van der Waals surface area (Å²) < 4.78 is 5.58. The molecule has 138 valence electrons. The second kappa shape index (κ2) is 8.17.